The summed E-state index contributed by atoms with van der Waals surface area (Å²) in [6, 6.07) is 14.8. The molecule has 0 bridgehead atoms. The third-order valence-corrected chi connectivity index (χ3v) is 4.54. The molecule has 2 N–H and O–H groups in total. The number of nitrogens with two attached hydrogens (primary N) is 1. The highest BCUT2D eigenvalue weighted by Gasteiger charge is 2.19. The van der Waals surface area contributed by atoms with Crippen LogP contribution in [0.15, 0.2) is 48.7 Å². The molecule has 0 fully saturated rings. The lowest BCUT2D eigenvalue weighted by Gasteiger charge is -2.15. The first-order chi connectivity index (χ1) is 10.6. The van der Waals surface area contributed by atoms with E-state index in [2.05, 4.69) is 78.4 Å². The molecule has 0 unspecified atom stereocenters. The summed E-state index contributed by atoms with van der Waals surface area (Å²) in [4.78, 5) is 0. The minimum atomic E-state index is 0.862. The Morgan fingerprint density at radius 3 is 2.36 bits per heavy atom. The Morgan fingerprint density at radius 1 is 0.909 bits per heavy atom. The van der Waals surface area contributed by atoms with E-state index in [1.54, 1.807) is 0 Å². The molecular formula is C19H19N3. The van der Waals surface area contributed by atoms with Gasteiger partial charge in [-0.05, 0) is 50.1 Å². The van der Waals surface area contributed by atoms with Crippen LogP contribution in [0.25, 0.3) is 22.2 Å². The van der Waals surface area contributed by atoms with Gasteiger partial charge >= 0.3 is 0 Å². The smallest absolute Gasteiger partial charge is 0.131 e. The zero-order valence-electron chi connectivity index (χ0n) is 13.1. The van der Waals surface area contributed by atoms with Gasteiger partial charge in [0.25, 0.3) is 0 Å². The summed E-state index contributed by atoms with van der Waals surface area (Å²) in [5.74, 6) is 0. The molecule has 1 aromatic carbocycles. The van der Waals surface area contributed by atoms with Gasteiger partial charge in [0.15, 0.2) is 0 Å². The number of nitrogen functional groups attached to an aromatic ring is 1. The topological polar surface area (TPSA) is 35.4 Å². The number of hydrogen-bond donors (Lipinski definition) is 1. The number of fused-ring (bicyclic) bond motifs is 3. The quantitative estimate of drug-likeness (QED) is 0.554. The van der Waals surface area contributed by atoms with E-state index in [1.807, 2.05) is 0 Å². The molecule has 3 aromatic heterocycles. The first kappa shape index (κ1) is 13.0. The zero-order chi connectivity index (χ0) is 15.4. The highest BCUT2D eigenvalue weighted by molar-refractivity contribution is 5.98. The fourth-order valence-corrected chi connectivity index (χ4v) is 3.44. The highest BCUT2D eigenvalue weighted by Crippen LogP contribution is 2.35. The van der Waals surface area contributed by atoms with Crippen LogP contribution in [0.5, 0.6) is 0 Å². The number of pyridine rings is 1. The molecule has 4 rings (SSSR count). The number of anilines is 1. The summed E-state index contributed by atoms with van der Waals surface area (Å²) in [6.07, 6.45) is 2.10. The minimum absolute atomic E-state index is 0.862. The Balaban J connectivity index is 2.24. The average Bonchev–Trinajstić information content (AvgIpc) is 2.98. The lowest BCUT2D eigenvalue weighted by atomic mass is 10.1. The maximum absolute atomic E-state index is 6.41. The SMILES string of the molecule is Cc1cccc(C)c1-n1c(C)c(N)c2cc3ccccn3c21. The second kappa shape index (κ2) is 4.41. The number of para-hydroxylation sites is 1. The molecule has 0 aliphatic carbocycles. The molecule has 22 heavy (non-hydrogen) atoms. The van der Waals surface area contributed by atoms with Crippen LogP contribution in [0, 0.1) is 20.8 Å². The van der Waals surface area contributed by atoms with Crippen molar-refractivity contribution in [1.82, 2.24) is 8.97 Å². The number of benzene rings is 1. The molecule has 0 atom stereocenters. The monoisotopic (exact) mass is 289 g/mol. The third-order valence-electron chi connectivity index (χ3n) is 4.54. The third kappa shape index (κ3) is 1.56. The van der Waals surface area contributed by atoms with E-state index in [-0.39, 0.29) is 0 Å². The van der Waals surface area contributed by atoms with E-state index in [9.17, 15) is 0 Å². The minimum Gasteiger partial charge on any atom is -0.397 e. The Hall–Kier alpha value is -2.68. The first-order valence-electron chi connectivity index (χ1n) is 7.52. The van der Waals surface area contributed by atoms with E-state index in [0.717, 1.165) is 22.4 Å². The molecule has 0 aliphatic rings. The Kier molecular flexibility index (Phi) is 2.61. The molecule has 0 amide bonds. The predicted octanol–water partition coefficient (Wildman–Crippen LogP) is 4.39. The molecule has 4 aromatic rings. The van der Waals surface area contributed by atoms with Gasteiger partial charge in [-0.25, -0.2) is 0 Å². The van der Waals surface area contributed by atoms with Gasteiger partial charge in [-0.1, -0.05) is 24.3 Å². The normalized spacial score (nSPS) is 11.6. The second-order valence-electron chi connectivity index (χ2n) is 5.95. The van der Waals surface area contributed by atoms with Crippen molar-refractivity contribution in [3.63, 3.8) is 0 Å². The number of aryl methyl sites for hydroxylation is 2. The summed E-state index contributed by atoms with van der Waals surface area (Å²) in [6.45, 7) is 6.40. The molecule has 0 radical (unpaired) electrons. The van der Waals surface area contributed by atoms with Crippen molar-refractivity contribution in [1.29, 1.82) is 0 Å². The summed E-state index contributed by atoms with van der Waals surface area (Å²) >= 11 is 0. The maximum Gasteiger partial charge on any atom is 0.131 e. The van der Waals surface area contributed by atoms with Crippen LogP contribution in [0.1, 0.15) is 16.8 Å². The van der Waals surface area contributed by atoms with Crippen molar-refractivity contribution in [3.8, 4) is 5.69 Å². The lowest BCUT2D eigenvalue weighted by molar-refractivity contribution is 0.989. The van der Waals surface area contributed by atoms with Crippen molar-refractivity contribution < 1.29 is 0 Å². The van der Waals surface area contributed by atoms with Crippen LogP contribution in [-0.4, -0.2) is 8.97 Å². The standard InChI is InChI=1S/C19H19N3/c1-12-7-6-8-13(2)18(12)22-14(3)17(20)16-11-15-9-4-5-10-21(15)19(16)22/h4-11H,20H2,1-3H3. The zero-order valence-corrected chi connectivity index (χ0v) is 13.1. The fraction of sp³-hybridized carbons (Fsp3) is 0.158. The van der Waals surface area contributed by atoms with Crippen molar-refractivity contribution >= 4 is 22.2 Å². The van der Waals surface area contributed by atoms with Crippen molar-refractivity contribution in [2.75, 3.05) is 5.73 Å². The largest absolute Gasteiger partial charge is 0.397 e. The first-order valence-corrected chi connectivity index (χ1v) is 7.52. The van der Waals surface area contributed by atoms with E-state index < -0.39 is 0 Å². The van der Waals surface area contributed by atoms with Gasteiger partial charge in [0, 0.05) is 22.8 Å². The average molecular weight is 289 g/mol. The van der Waals surface area contributed by atoms with Crippen LogP contribution in [0.3, 0.4) is 0 Å². The number of rotatable bonds is 1. The van der Waals surface area contributed by atoms with E-state index >= 15 is 0 Å². The van der Waals surface area contributed by atoms with Gasteiger partial charge in [0.2, 0.25) is 0 Å². The number of nitrogens with zero attached hydrogens (tertiary/aromatic N) is 2. The summed E-state index contributed by atoms with van der Waals surface area (Å²) in [5, 5.41) is 1.12. The molecule has 0 saturated carbocycles. The summed E-state index contributed by atoms with van der Waals surface area (Å²) in [7, 11) is 0. The van der Waals surface area contributed by atoms with Gasteiger partial charge in [0.1, 0.15) is 5.65 Å². The number of aromatic nitrogens is 2. The number of hydrogen-bond acceptors (Lipinski definition) is 1. The Labute approximate surface area is 129 Å². The van der Waals surface area contributed by atoms with E-state index in [0.29, 0.717) is 0 Å². The predicted molar refractivity (Wildman–Crippen MR) is 92.9 cm³/mol. The van der Waals surface area contributed by atoms with E-state index in [4.69, 9.17) is 5.73 Å². The van der Waals surface area contributed by atoms with Crippen LogP contribution >= 0.6 is 0 Å². The second-order valence-corrected chi connectivity index (χ2v) is 5.95. The molecular weight excluding hydrogens is 270 g/mol. The van der Waals surface area contributed by atoms with Gasteiger partial charge in [0.05, 0.1) is 11.4 Å². The maximum atomic E-state index is 6.41. The van der Waals surface area contributed by atoms with Gasteiger partial charge in [-0.3, -0.25) is 4.57 Å². The van der Waals surface area contributed by atoms with Crippen LogP contribution in [-0.2, 0) is 0 Å². The highest BCUT2D eigenvalue weighted by atomic mass is 15.1. The van der Waals surface area contributed by atoms with E-state index in [1.165, 1.54) is 22.3 Å². The lowest BCUT2D eigenvalue weighted by Crippen LogP contribution is -2.04. The Bertz CT molecular complexity index is 998. The fourth-order valence-electron chi connectivity index (χ4n) is 3.44. The van der Waals surface area contributed by atoms with Crippen LogP contribution < -0.4 is 5.73 Å². The van der Waals surface area contributed by atoms with Crippen LogP contribution in [0.4, 0.5) is 5.69 Å². The molecule has 110 valence electrons. The molecule has 0 saturated heterocycles. The molecule has 3 heteroatoms. The molecule has 3 nitrogen and oxygen atoms in total. The summed E-state index contributed by atoms with van der Waals surface area (Å²) < 4.78 is 4.51. The van der Waals surface area contributed by atoms with Crippen molar-refractivity contribution in [2.24, 2.45) is 0 Å². The Morgan fingerprint density at radius 2 is 1.64 bits per heavy atom. The van der Waals surface area contributed by atoms with Gasteiger partial charge in [-0.2, -0.15) is 0 Å². The van der Waals surface area contributed by atoms with Crippen molar-refractivity contribution in [3.05, 3.63) is 65.5 Å². The van der Waals surface area contributed by atoms with Crippen molar-refractivity contribution in [2.45, 2.75) is 20.8 Å². The molecule has 3 heterocycles. The van der Waals surface area contributed by atoms with Gasteiger partial charge in [-0.15, -0.1) is 0 Å². The summed E-state index contributed by atoms with van der Waals surface area (Å²) in [5.41, 5.74) is 14.4. The van der Waals surface area contributed by atoms with Gasteiger partial charge < -0.3 is 10.1 Å². The molecule has 0 aliphatic heterocycles. The van der Waals surface area contributed by atoms with Crippen LogP contribution in [0.2, 0.25) is 0 Å². The molecule has 0 spiro atoms.